The summed E-state index contributed by atoms with van der Waals surface area (Å²) in [4.78, 5) is 0. The Morgan fingerprint density at radius 2 is 1.52 bits per heavy atom. The Balaban J connectivity index is 2.36. The van der Waals surface area contributed by atoms with Crippen molar-refractivity contribution in [1.82, 2.24) is 0 Å². The van der Waals surface area contributed by atoms with Crippen LogP contribution in [0.3, 0.4) is 0 Å². The molecular formula is C14H8BrF5O. The van der Waals surface area contributed by atoms with Crippen LogP contribution in [0.2, 0.25) is 0 Å². The van der Waals surface area contributed by atoms with Gasteiger partial charge in [0.05, 0.1) is 10.0 Å². The second-order valence-corrected chi connectivity index (χ2v) is 5.16. The molecule has 2 aromatic rings. The maximum Gasteiger partial charge on any atom is 0.416 e. The molecule has 1 unspecified atom stereocenters. The van der Waals surface area contributed by atoms with Gasteiger partial charge in [0.25, 0.3) is 0 Å². The lowest BCUT2D eigenvalue weighted by molar-refractivity contribution is -0.137. The molecule has 0 saturated carbocycles. The Bertz CT molecular complexity index is 652. The summed E-state index contributed by atoms with van der Waals surface area (Å²) in [6.45, 7) is 0. The highest BCUT2D eigenvalue weighted by Gasteiger charge is 2.30. The van der Waals surface area contributed by atoms with Gasteiger partial charge in [0.1, 0.15) is 17.7 Å². The number of hydrogen-bond donors (Lipinski definition) is 1. The van der Waals surface area contributed by atoms with Gasteiger partial charge in [0, 0.05) is 11.6 Å². The van der Waals surface area contributed by atoms with Gasteiger partial charge in [-0.05, 0) is 39.7 Å². The molecule has 0 aromatic heterocycles. The zero-order valence-corrected chi connectivity index (χ0v) is 11.8. The molecule has 0 aliphatic heterocycles. The van der Waals surface area contributed by atoms with E-state index in [9.17, 15) is 27.1 Å². The van der Waals surface area contributed by atoms with Crippen LogP contribution < -0.4 is 0 Å². The van der Waals surface area contributed by atoms with Crippen LogP contribution >= 0.6 is 15.9 Å². The smallest absolute Gasteiger partial charge is 0.384 e. The third kappa shape index (κ3) is 3.41. The van der Waals surface area contributed by atoms with Crippen LogP contribution in [0.5, 0.6) is 0 Å². The summed E-state index contributed by atoms with van der Waals surface area (Å²) in [7, 11) is 0. The Morgan fingerprint density at radius 3 is 2.05 bits per heavy atom. The topological polar surface area (TPSA) is 20.2 Å². The molecule has 0 fully saturated rings. The van der Waals surface area contributed by atoms with Gasteiger partial charge in [-0.15, -0.1) is 0 Å². The van der Waals surface area contributed by atoms with Gasteiger partial charge < -0.3 is 5.11 Å². The number of aliphatic hydroxyl groups is 1. The Morgan fingerprint density at radius 1 is 0.952 bits per heavy atom. The van der Waals surface area contributed by atoms with Gasteiger partial charge in [0.2, 0.25) is 0 Å². The summed E-state index contributed by atoms with van der Waals surface area (Å²) in [5.74, 6) is -1.82. The van der Waals surface area contributed by atoms with Crippen molar-refractivity contribution >= 4 is 15.9 Å². The number of halogens is 6. The van der Waals surface area contributed by atoms with Crippen LogP contribution in [0.15, 0.2) is 40.9 Å². The van der Waals surface area contributed by atoms with E-state index in [1.54, 1.807) is 0 Å². The summed E-state index contributed by atoms with van der Waals surface area (Å²) in [6.07, 6.45) is -5.99. The van der Waals surface area contributed by atoms with Gasteiger partial charge in [-0.25, -0.2) is 8.78 Å². The third-order valence-electron chi connectivity index (χ3n) is 2.89. The summed E-state index contributed by atoms with van der Waals surface area (Å²) in [6, 6.07) is 5.30. The monoisotopic (exact) mass is 366 g/mol. The average Bonchev–Trinajstić information content (AvgIpc) is 2.41. The molecule has 0 amide bonds. The Hall–Kier alpha value is -1.47. The van der Waals surface area contributed by atoms with Gasteiger partial charge in [0.15, 0.2) is 0 Å². The first-order chi connectivity index (χ1) is 9.70. The number of rotatable bonds is 2. The fourth-order valence-electron chi connectivity index (χ4n) is 1.78. The van der Waals surface area contributed by atoms with E-state index < -0.39 is 29.5 Å². The normalized spacial score (nSPS) is 13.3. The van der Waals surface area contributed by atoms with E-state index in [1.807, 2.05) is 0 Å². The second-order valence-electron chi connectivity index (χ2n) is 4.31. The van der Waals surface area contributed by atoms with E-state index in [0.29, 0.717) is 6.07 Å². The highest BCUT2D eigenvalue weighted by molar-refractivity contribution is 9.10. The van der Waals surface area contributed by atoms with Crippen molar-refractivity contribution in [3.63, 3.8) is 0 Å². The lowest BCUT2D eigenvalue weighted by Gasteiger charge is -2.14. The molecular weight excluding hydrogens is 359 g/mol. The number of benzene rings is 2. The molecule has 0 saturated heterocycles. The largest absolute Gasteiger partial charge is 0.416 e. The van der Waals surface area contributed by atoms with Gasteiger partial charge in [-0.2, -0.15) is 13.2 Å². The first-order valence-electron chi connectivity index (χ1n) is 5.70. The van der Waals surface area contributed by atoms with Gasteiger partial charge in [-0.3, -0.25) is 0 Å². The van der Waals surface area contributed by atoms with Crippen molar-refractivity contribution in [2.24, 2.45) is 0 Å². The van der Waals surface area contributed by atoms with Crippen molar-refractivity contribution in [2.45, 2.75) is 12.3 Å². The molecule has 1 nitrogen and oxygen atoms in total. The predicted octanol–water partition coefficient (Wildman–Crippen LogP) is 4.83. The van der Waals surface area contributed by atoms with Gasteiger partial charge >= 0.3 is 6.18 Å². The molecule has 0 aliphatic carbocycles. The number of hydrogen-bond acceptors (Lipinski definition) is 1. The SMILES string of the molecule is OC(c1ccc(C(F)(F)F)cc1)c1cc(Br)c(F)cc1F. The zero-order chi connectivity index (χ0) is 15.8. The first kappa shape index (κ1) is 15.9. The minimum Gasteiger partial charge on any atom is -0.384 e. The fraction of sp³-hybridized carbons (Fsp3) is 0.143. The summed E-state index contributed by atoms with van der Waals surface area (Å²) < 4.78 is 64.0. The lowest BCUT2D eigenvalue weighted by Crippen LogP contribution is -2.07. The minimum atomic E-state index is -4.49. The molecule has 0 spiro atoms. The van der Waals surface area contributed by atoms with Crippen molar-refractivity contribution in [2.75, 3.05) is 0 Å². The predicted molar refractivity (Wildman–Crippen MR) is 69.6 cm³/mol. The standard InChI is InChI=1S/C14H8BrF5O/c15-10-5-9(11(16)6-12(10)17)13(21)7-1-3-8(4-2-7)14(18,19)20/h1-6,13,21H. The van der Waals surface area contributed by atoms with Crippen LogP contribution in [0.4, 0.5) is 22.0 Å². The summed E-state index contributed by atoms with van der Waals surface area (Å²) in [5, 5.41) is 10.0. The van der Waals surface area contributed by atoms with Crippen LogP contribution in [-0.2, 0) is 6.18 Å². The third-order valence-corrected chi connectivity index (χ3v) is 3.50. The maximum atomic E-state index is 13.6. The van der Waals surface area contributed by atoms with Crippen molar-refractivity contribution < 1.29 is 27.1 Å². The second kappa shape index (κ2) is 5.73. The number of alkyl halides is 3. The number of aliphatic hydroxyl groups excluding tert-OH is 1. The molecule has 1 atom stereocenters. The molecule has 2 aromatic carbocycles. The van der Waals surface area contributed by atoms with Crippen LogP contribution in [-0.4, -0.2) is 5.11 Å². The molecule has 112 valence electrons. The molecule has 0 radical (unpaired) electrons. The first-order valence-corrected chi connectivity index (χ1v) is 6.49. The van der Waals surface area contributed by atoms with Crippen LogP contribution in [0, 0.1) is 11.6 Å². The van der Waals surface area contributed by atoms with E-state index >= 15 is 0 Å². The molecule has 0 heterocycles. The molecule has 0 bridgehead atoms. The van der Waals surface area contributed by atoms with Gasteiger partial charge in [-0.1, -0.05) is 12.1 Å². The maximum absolute atomic E-state index is 13.6. The quantitative estimate of drug-likeness (QED) is 0.596. The summed E-state index contributed by atoms with van der Waals surface area (Å²) >= 11 is 2.86. The molecule has 2 rings (SSSR count). The summed E-state index contributed by atoms with van der Waals surface area (Å²) in [5.41, 5.74) is -1.04. The van der Waals surface area contributed by atoms with E-state index in [0.717, 1.165) is 30.3 Å². The van der Waals surface area contributed by atoms with E-state index in [2.05, 4.69) is 15.9 Å². The molecule has 1 N–H and O–H groups in total. The van der Waals surface area contributed by atoms with E-state index in [4.69, 9.17) is 0 Å². The molecule has 21 heavy (non-hydrogen) atoms. The minimum absolute atomic E-state index is 0.0511. The highest BCUT2D eigenvalue weighted by atomic mass is 79.9. The van der Waals surface area contributed by atoms with Crippen molar-refractivity contribution in [1.29, 1.82) is 0 Å². The lowest BCUT2D eigenvalue weighted by atomic mass is 10.00. The Labute approximate surface area is 125 Å². The van der Waals surface area contributed by atoms with Crippen LogP contribution in [0.25, 0.3) is 0 Å². The zero-order valence-electron chi connectivity index (χ0n) is 10.3. The van der Waals surface area contributed by atoms with E-state index in [1.165, 1.54) is 0 Å². The van der Waals surface area contributed by atoms with Crippen molar-refractivity contribution in [3.05, 3.63) is 69.2 Å². The van der Waals surface area contributed by atoms with Crippen molar-refractivity contribution in [3.8, 4) is 0 Å². The molecule has 0 aliphatic rings. The molecule has 7 heteroatoms. The van der Waals surface area contributed by atoms with E-state index in [-0.39, 0.29) is 15.6 Å². The highest BCUT2D eigenvalue weighted by Crippen LogP contribution is 2.32. The Kier molecular flexibility index (Phi) is 4.34. The fourth-order valence-corrected chi connectivity index (χ4v) is 2.14. The average molecular weight is 367 g/mol. The van der Waals surface area contributed by atoms with Crippen LogP contribution in [0.1, 0.15) is 22.8 Å².